The molecular weight excluding hydrogens is 433 g/mol. The van der Waals surface area contributed by atoms with Crippen LogP contribution in [0.3, 0.4) is 0 Å². The van der Waals surface area contributed by atoms with Crippen LogP contribution in [0.1, 0.15) is 47.8 Å². The number of fused-ring (bicyclic) bond motifs is 1. The minimum Gasteiger partial charge on any atom is -0.388 e. The largest absolute Gasteiger partial charge is 0.388 e. The summed E-state index contributed by atoms with van der Waals surface area (Å²) < 4.78 is 17.1. The van der Waals surface area contributed by atoms with Gasteiger partial charge in [0.1, 0.15) is 11.5 Å². The number of halogens is 2. The molecule has 1 aromatic carbocycles. The topological polar surface area (TPSA) is 85.0 Å². The van der Waals surface area contributed by atoms with Crippen molar-refractivity contribution in [2.45, 2.75) is 43.7 Å². The van der Waals surface area contributed by atoms with Gasteiger partial charge in [-0.05, 0) is 55.7 Å². The van der Waals surface area contributed by atoms with Gasteiger partial charge in [0.25, 0.3) is 5.91 Å². The van der Waals surface area contributed by atoms with Crippen molar-refractivity contribution in [2.75, 3.05) is 5.32 Å². The minimum atomic E-state index is -0.715. The number of imidazole rings is 2. The maximum atomic E-state index is 13.4. The van der Waals surface area contributed by atoms with E-state index in [4.69, 9.17) is 11.6 Å². The number of nitrogens with one attached hydrogen (secondary N) is 1. The highest BCUT2D eigenvalue weighted by atomic mass is 35.5. The Morgan fingerprint density at radius 1 is 1.31 bits per heavy atom. The van der Waals surface area contributed by atoms with Crippen LogP contribution in [0.5, 0.6) is 0 Å². The van der Waals surface area contributed by atoms with Gasteiger partial charge in [0, 0.05) is 31.0 Å². The van der Waals surface area contributed by atoms with E-state index in [1.54, 1.807) is 30.5 Å². The molecule has 2 fully saturated rings. The van der Waals surface area contributed by atoms with Gasteiger partial charge in [-0.15, -0.1) is 0 Å². The molecule has 7 nitrogen and oxygen atoms in total. The van der Waals surface area contributed by atoms with E-state index in [9.17, 15) is 14.3 Å². The first-order valence-corrected chi connectivity index (χ1v) is 11.1. The van der Waals surface area contributed by atoms with Gasteiger partial charge < -0.3 is 19.6 Å². The molecular formula is C23H25ClFN5O2. The second-order valence-electron chi connectivity index (χ2n) is 9.23. The number of amides is 1. The summed E-state index contributed by atoms with van der Waals surface area (Å²) in [5, 5.41) is 13.9. The lowest BCUT2D eigenvalue weighted by Gasteiger charge is -2.25. The number of aromatic nitrogens is 4. The Labute approximate surface area is 190 Å². The third-order valence-corrected chi connectivity index (χ3v) is 7.20. The number of aryl methyl sites for hydroxylation is 1. The summed E-state index contributed by atoms with van der Waals surface area (Å²) in [4.78, 5) is 21.7. The van der Waals surface area contributed by atoms with Crippen LogP contribution >= 0.6 is 11.6 Å². The fourth-order valence-electron chi connectivity index (χ4n) is 5.63. The number of carbonyl (C=O) groups excluding carboxylic acids is 1. The second kappa shape index (κ2) is 8.01. The lowest BCUT2D eigenvalue weighted by atomic mass is 9.92. The van der Waals surface area contributed by atoms with Gasteiger partial charge in [-0.2, -0.15) is 0 Å². The zero-order valence-corrected chi connectivity index (χ0v) is 18.5. The summed E-state index contributed by atoms with van der Waals surface area (Å²) >= 11 is 5.84. The van der Waals surface area contributed by atoms with Crippen LogP contribution in [0.2, 0.25) is 5.02 Å². The van der Waals surface area contributed by atoms with Gasteiger partial charge >= 0.3 is 0 Å². The predicted molar refractivity (Wildman–Crippen MR) is 118 cm³/mol. The Bertz CT molecular complexity index is 1130. The van der Waals surface area contributed by atoms with E-state index in [0.29, 0.717) is 29.8 Å². The highest BCUT2D eigenvalue weighted by Gasteiger charge is 2.49. The molecule has 0 radical (unpaired) electrons. The summed E-state index contributed by atoms with van der Waals surface area (Å²) in [6.45, 7) is 0.558. The second-order valence-corrected chi connectivity index (χ2v) is 9.64. The number of hydrogen-bond acceptors (Lipinski definition) is 4. The highest BCUT2D eigenvalue weighted by Crippen LogP contribution is 2.54. The van der Waals surface area contributed by atoms with Gasteiger partial charge in [0.2, 0.25) is 0 Å². The first-order valence-electron chi connectivity index (χ1n) is 10.8. The van der Waals surface area contributed by atoms with Gasteiger partial charge in [-0.25, -0.2) is 14.4 Å². The molecule has 168 valence electrons. The van der Waals surface area contributed by atoms with Crippen LogP contribution < -0.4 is 5.32 Å². The number of rotatable bonds is 5. The first kappa shape index (κ1) is 21.2. The molecule has 0 bridgehead atoms. The first-order chi connectivity index (χ1) is 15.3. The fourth-order valence-corrected chi connectivity index (χ4v) is 5.81. The molecule has 2 aliphatic carbocycles. The van der Waals surface area contributed by atoms with Crippen LogP contribution in [0.4, 0.5) is 10.1 Å². The summed E-state index contributed by atoms with van der Waals surface area (Å²) in [5.41, 5.74) is 1.00. The molecule has 0 saturated heterocycles. The van der Waals surface area contributed by atoms with E-state index >= 15 is 0 Å². The van der Waals surface area contributed by atoms with Gasteiger partial charge in [-0.3, -0.25) is 4.79 Å². The Balaban J connectivity index is 1.29. The Morgan fingerprint density at radius 3 is 2.72 bits per heavy atom. The monoisotopic (exact) mass is 457 g/mol. The predicted octanol–water partition coefficient (Wildman–Crippen LogP) is 4.00. The van der Waals surface area contributed by atoms with Crippen molar-refractivity contribution in [2.24, 2.45) is 18.9 Å². The van der Waals surface area contributed by atoms with Crippen molar-refractivity contribution >= 4 is 23.2 Å². The van der Waals surface area contributed by atoms with Crippen LogP contribution in [0.15, 0.2) is 43.2 Å². The molecule has 5 rings (SSSR count). The summed E-state index contributed by atoms with van der Waals surface area (Å²) in [6.07, 6.45) is 10.3. The van der Waals surface area contributed by atoms with E-state index in [2.05, 4.69) is 15.3 Å². The number of anilines is 1. The average molecular weight is 458 g/mol. The van der Waals surface area contributed by atoms with E-state index < -0.39 is 11.4 Å². The quantitative estimate of drug-likeness (QED) is 0.606. The van der Waals surface area contributed by atoms with Gasteiger partial charge in [0.15, 0.2) is 0 Å². The van der Waals surface area contributed by atoms with Crippen molar-refractivity contribution in [1.29, 1.82) is 0 Å². The van der Waals surface area contributed by atoms with Crippen LogP contribution in [-0.4, -0.2) is 35.7 Å². The third kappa shape index (κ3) is 3.93. The number of benzene rings is 1. The van der Waals surface area contributed by atoms with Crippen molar-refractivity contribution in [3.05, 3.63) is 65.5 Å². The number of aliphatic hydroxyl groups is 1. The van der Waals surface area contributed by atoms with E-state index in [1.165, 1.54) is 18.2 Å². The minimum absolute atomic E-state index is 0.0418. The van der Waals surface area contributed by atoms with Crippen molar-refractivity contribution in [3.8, 4) is 0 Å². The number of hydrogen-bond donors (Lipinski definition) is 2. The van der Waals surface area contributed by atoms with Gasteiger partial charge in [-0.1, -0.05) is 11.6 Å². The van der Waals surface area contributed by atoms with Crippen LogP contribution in [-0.2, 0) is 13.6 Å². The third-order valence-electron chi connectivity index (χ3n) is 6.91. The molecule has 1 amide bonds. The molecule has 9 heteroatoms. The van der Waals surface area contributed by atoms with E-state index in [1.807, 2.05) is 10.8 Å². The van der Waals surface area contributed by atoms with E-state index in [-0.39, 0.29) is 16.8 Å². The molecule has 2 aliphatic rings. The number of carbonyl (C=O) groups is 1. The normalized spacial score (nSPS) is 26.9. The molecule has 0 aliphatic heterocycles. The molecule has 2 heterocycles. The lowest BCUT2D eigenvalue weighted by Crippen LogP contribution is -2.31. The molecule has 2 atom stereocenters. The van der Waals surface area contributed by atoms with Crippen molar-refractivity contribution < 1.29 is 14.3 Å². The standard InChI is InChI=1S/C23H25ClFN5O2/c1-29-13-27-20(21(29)22(31)28-17-2-3-19(25)18(24)8-17)14-6-15-9-23(32,10-16(15)7-14)11-30-5-4-26-12-30/h2-5,8,12-16,32H,6-7,9-11H2,1H3,(H,28,31). The maximum Gasteiger partial charge on any atom is 0.274 e. The number of nitrogens with zero attached hydrogens (tertiary/aromatic N) is 4. The Kier molecular flexibility index (Phi) is 5.29. The summed E-state index contributed by atoms with van der Waals surface area (Å²) in [5.74, 6) is 0.152. The maximum absolute atomic E-state index is 13.4. The molecule has 2 saturated carbocycles. The Morgan fingerprint density at radius 2 is 2.06 bits per heavy atom. The molecule has 2 N–H and O–H groups in total. The SMILES string of the molecule is Cn1cnc(C2CC3CC(O)(Cn4ccnc4)CC3C2)c1C(=O)Nc1ccc(F)c(Cl)c1. The fraction of sp³-hybridized carbons (Fsp3) is 0.435. The highest BCUT2D eigenvalue weighted by molar-refractivity contribution is 6.31. The Hall–Kier alpha value is -2.71. The van der Waals surface area contributed by atoms with Crippen molar-refractivity contribution in [1.82, 2.24) is 19.1 Å². The summed E-state index contributed by atoms with van der Waals surface area (Å²) in [7, 11) is 1.79. The zero-order valence-electron chi connectivity index (χ0n) is 17.7. The van der Waals surface area contributed by atoms with Crippen LogP contribution in [0, 0.1) is 17.7 Å². The smallest absolute Gasteiger partial charge is 0.274 e. The average Bonchev–Trinajstić information content (AvgIpc) is 3.49. The molecule has 3 aromatic rings. The van der Waals surface area contributed by atoms with Crippen LogP contribution in [0.25, 0.3) is 0 Å². The molecule has 2 unspecified atom stereocenters. The lowest BCUT2D eigenvalue weighted by molar-refractivity contribution is 0.0208. The molecule has 0 spiro atoms. The van der Waals surface area contributed by atoms with Gasteiger partial charge in [0.05, 0.1) is 35.5 Å². The van der Waals surface area contributed by atoms with E-state index in [0.717, 1.165) is 31.4 Å². The summed E-state index contributed by atoms with van der Waals surface area (Å²) in [6, 6.07) is 4.10. The van der Waals surface area contributed by atoms with Crippen molar-refractivity contribution in [3.63, 3.8) is 0 Å². The molecule has 2 aromatic heterocycles. The zero-order chi connectivity index (χ0) is 22.5. The molecule has 32 heavy (non-hydrogen) atoms.